The molecule has 2 unspecified atom stereocenters. The molecule has 2 atom stereocenters. The Balaban J connectivity index is 1.87. The molecule has 11 heteroatoms. The van der Waals surface area contributed by atoms with Gasteiger partial charge >= 0.3 is 6.09 Å². The van der Waals surface area contributed by atoms with Crippen molar-refractivity contribution in [3.8, 4) is 0 Å². The highest BCUT2D eigenvalue weighted by Crippen LogP contribution is 2.28. The van der Waals surface area contributed by atoms with E-state index in [-0.39, 0.29) is 30.6 Å². The number of nitrogens with one attached hydrogen (secondary N) is 3. The molecular formula is C27H39N4O7-. The zero-order chi connectivity index (χ0) is 28.3. The third kappa shape index (κ3) is 11.2. The van der Waals surface area contributed by atoms with E-state index in [9.17, 15) is 29.1 Å². The van der Waals surface area contributed by atoms with E-state index < -0.39 is 41.6 Å². The fraction of sp³-hybridized carbons (Fsp3) is 0.593. The van der Waals surface area contributed by atoms with Crippen LogP contribution in [0.3, 0.4) is 0 Å². The Morgan fingerprint density at radius 1 is 1.00 bits per heavy atom. The molecule has 0 saturated heterocycles. The number of carbonyl (C=O) groups is 5. The van der Waals surface area contributed by atoms with Crippen LogP contribution in [0.1, 0.15) is 64.9 Å². The van der Waals surface area contributed by atoms with E-state index in [0.29, 0.717) is 38.6 Å². The second-order valence-corrected chi connectivity index (χ2v) is 10.7. The summed E-state index contributed by atoms with van der Waals surface area (Å²) < 4.78 is 5.32. The molecule has 1 aromatic carbocycles. The number of benzene rings is 1. The molecule has 1 fully saturated rings. The van der Waals surface area contributed by atoms with Gasteiger partial charge in [0, 0.05) is 25.3 Å². The first kappa shape index (κ1) is 30.6. The highest BCUT2D eigenvalue weighted by molar-refractivity contribution is 5.86. The summed E-state index contributed by atoms with van der Waals surface area (Å²) in [5.41, 5.74) is 5.25. The molecule has 2 rings (SSSR count). The van der Waals surface area contributed by atoms with Gasteiger partial charge < -0.3 is 36.3 Å². The third-order valence-electron chi connectivity index (χ3n) is 6.35. The topological polar surface area (TPSA) is 180 Å². The van der Waals surface area contributed by atoms with Gasteiger partial charge in [-0.25, -0.2) is 4.79 Å². The van der Waals surface area contributed by atoms with Crippen molar-refractivity contribution in [1.29, 1.82) is 0 Å². The molecule has 1 saturated carbocycles. The number of carbonyl (C=O) groups excluding carboxylic acids is 5. The van der Waals surface area contributed by atoms with Crippen LogP contribution in [0.5, 0.6) is 0 Å². The molecule has 0 aromatic heterocycles. The number of carboxylic acids is 1. The normalized spacial score (nSPS) is 18.9. The van der Waals surface area contributed by atoms with Crippen molar-refractivity contribution in [3.63, 3.8) is 0 Å². The Hall–Kier alpha value is -3.63. The van der Waals surface area contributed by atoms with Crippen molar-refractivity contribution in [2.45, 2.75) is 83.4 Å². The summed E-state index contributed by atoms with van der Waals surface area (Å²) in [4.78, 5) is 60.1. The van der Waals surface area contributed by atoms with Gasteiger partial charge in [-0.2, -0.15) is 0 Å². The van der Waals surface area contributed by atoms with Crippen molar-refractivity contribution in [1.82, 2.24) is 16.0 Å². The van der Waals surface area contributed by atoms with Crippen molar-refractivity contribution in [2.75, 3.05) is 6.54 Å². The minimum Gasteiger partial charge on any atom is -0.548 e. The molecule has 0 heterocycles. The second-order valence-electron chi connectivity index (χ2n) is 10.7. The first-order valence-corrected chi connectivity index (χ1v) is 12.9. The molecule has 0 bridgehead atoms. The van der Waals surface area contributed by atoms with Crippen LogP contribution in [0, 0.1) is 11.8 Å². The molecule has 0 aliphatic heterocycles. The second kappa shape index (κ2) is 14.3. The lowest BCUT2D eigenvalue weighted by molar-refractivity contribution is -0.308. The summed E-state index contributed by atoms with van der Waals surface area (Å²) in [6.07, 6.45) is 1.74. The summed E-state index contributed by atoms with van der Waals surface area (Å²) in [7, 11) is 0. The van der Waals surface area contributed by atoms with E-state index in [4.69, 9.17) is 10.5 Å². The molecule has 1 aromatic rings. The van der Waals surface area contributed by atoms with Gasteiger partial charge in [-0.1, -0.05) is 30.3 Å². The summed E-state index contributed by atoms with van der Waals surface area (Å²) in [5.74, 6) is -3.06. The van der Waals surface area contributed by atoms with Crippen LogP contribution in [-0.2, 0) is 30.3 Å². The first-order valence-electron chi connectivity index (χ1n) is 12.9. The Labute approximate surface area is 223 Å². The fourth-order valence-corrected chi connectivity index (χ4v) is 4.33. The standard InChI is InChI=1S/C27H40N4O7/c1-27(2,3)38-26(37)31-21(15-17-7-5-4-6-8-17)24(34)29-16-18-9-11-19(12-10-18)23(33)30-20(25(35)36)13-14-22(28)32/h4-8,18-21H,9-16H2,1-3H3,(H2,28,32)(H,29,34)(H,30,33)(H,31,37)(H,35,36)/p-1. The highest BCUT2D eigenvalue weighted by Gasteiger charge is 2.29. The average Bonchev–Trinajstić information content (AvgIpc) is 2.84. The lowest BCUT2D eigenvalue weighted by atomic mass is 9.81. The summed E-state index contributed by atoms with van der Waals surface area (Å²) in [6.45, 7) is 5.62. The highest BCUT2D eigenvalue weighted by atomic mass is 16.6. The molecule has 210 valence electrons. The van der Waals surface area contributed by atoms with Crippen LogP contribution in [0.15, 0.2) is 30.3 Å². The van der Waals surface area contributed by atoms with Gasteiger partial charge in [0.1, 0.15) is 11.6 Å². The molecule has 1 aliphatic rings. The van der Waals surface area contributed by atoms with Gasteiger partial charge in [0.05, 0.1) is 12.0 Å². The Morgan fingerprint density at radius 2 is 1.63 bits per heavy atom. The van der Waals surface area contributed by atoms with Gasteiger partial charge in [0.25, 0.3) is 0 Å². The number of carboxylic acid groups (broad SMARTS) is 1. The van der Waals surface area contributed by atoms with E-state index in [1.54, 1.807) is 20.8 Å². The summed E-state index contributed by atoms with van der Waals surface area (Å²) >= 11 is 0. The smallest absolute Gasteiger partial charge is 0.408 e. The number of alkyl carbamates (subject to hydrolysis) is 1. The van der Waals surface area contributed by atoms with E-state index >= 15 is 0 Å². The van der Waals surface area contributed by atoms with Crippen LogP contribution in [0.2, 0.25) is 0 Å². The molecule has 38 heavy (non-hydrogen) atoms. The van der Waals surface area contributed by atoms with Gasteiger partial charge in [0.15, 0.2) is 0 Å². The molecule has 11 nitrogen and oxygen atoms in total. The van der Waals surface area contributed by atoms with Gasteiger partial charge in [-0.15, -0.1) is 0 Å². The fourth-order valence-electron chi connectivity index (χ4n) is 4.33. The summed E-state index contributed by atoms with van der Waals surface area (Å²) in [5, 5.41) is 19.3. The number of rotatable bonds is 12. The maximum absolute atomic E-state index is 13.0. The lowest BCUT2D eigenvalue weighted by Crippen LogP contribution is -2.51. The van der Waals surface area contributed by atoms with E-state index in [2.05, 4.69) is 16.0 Å². The van der Waals surface area contributed by atoms with Crippen LogP contribution in [0.25, 0.3) is 0 Å². The monoisotopic (exact) mass is 531 g/mol. The maximum Gasteiger partial charge on any atom is 0.408 e. The Bertz CT molecular complexity index is 969. The predicted octanol–water partition coefficient (Wildman–Crippen LogP) is 0.545. The van der Waals surface area contributed by atoms with Crippen LogP contribution in [-0.4, -0.2) is 54.0 Å². The zero-order valence-corrected chi connectivity index (χ0v) is 22.3. The van der Waals surface area contributed by atoms with E-state index in [1.807, 2.05) is 30.3 Å². The third-order valence-corrected chi connectivity index (χ3v) is 6.35. The molecule has 0 spiro atoms. The molecule has 0 radical (unpaired) electrons. The van der Waals surface area contributed by atoms with Crippen LogP contribution < -0.4 is 26.8 Å². The minimum atomic E-state index is -1.46. The number of nitrogens with two attached hydrogens (primary N) is 1. The van der Waals surface area contributed by atoms with Crippen molar-refractivity contribution in [3.05, 3.63) is 35.9 Å². The zero-order valence-electron chi connectivity index (χ0n) is 22.3. The first-order chi connectivity index (χ1) is 17.8. The largest absolute Gasteiger partial charge is 0.548 e. The van der Waals surface area contributed by atoms with Crippen molar-refractivity contribution in [2.24, 2.45) is 17.6 Å². The molecular weight excluding hydrogens is 492 g/mol. The minimum absolute atomic E-state index is 0.119. The SMILES string of the molecule is CC(C)(C)OC(=O)NC(Cc1ccccc1)C(=O)NCC1CCC(C(=O)NC(CCC(N)=O)C(=O)[O-])CC1. The van der Waals surface area contributed by atoms with E-state index in [1.165, 1.54) is 0 Å². The quantitative estimate of drug-likeness (QED) is 0.304. The lowest BCUT2D eigenvalue weighted by Gasteiger charge is -2.30. The van der Waals surface area contributed by atoms with Crippen molar-refractivity contribution < 1.29 is 33.8 Å². The molecule has 5 N–H and O–H groups in total. The van der Waals surface area contributed by atoms with Crippen molar-refractivity contribution >= 4 is 29.8 Å². The van der Waals surface area contributed by atoms with Crippen LogP contribution >= 0.6 is 0 Å². The molecule has 4 amide bonds. The Kier molecular flexibility index (Phi) is 11.5. The molecule has 1 aliphatic carbocycles. The van der Waals surface area contributed by atoms with Gasteiger partial charge in [-0.3, -0.25) is 14.4 Å². The number of amides is 4. The number of hydrogen-bond donors (Lipinski definition) is 4. The van der Waals surface area contributed by atoms with Crippen LogP contribution in [0.4, 0.5) is 4.79 Å². The summed E-state index contributed by atoms with van der Waals surface area (Å²) in [6, 6.07) is 7.25. The average molecular weight is 532 g/mol. The number of hydrogen-bond acceptors (Lipinski definition) is 7. The van der Waals surface area contributed by atoms with Gasteiger partial charge in [-0.05, 0) is 64.4 Å². The number of primary amides is 1. The maximum atomic E-state index is 13.0. The Morgan fingerprint density at radius 3 is 2.18 bits per heavy atom. The number of ether oxygens (including phenoxy) is 1. The predicted molar refractivity (Wildman–Crippen MR) is 137 cm³/mol. The van der Waals surface area contributed by atoms with E-state index in [0.717, 1.165) is 5.56 Å². The number of aliphatic carboxylic acids is 1. The van der Waals surface area contributed by atoms with Gasteiger partial charge in [0.2, 0.25) is 17.7 Å².